The summed E-state index contributed by atoms with van der Waals surface area (Å²) in [7, 11) is -3.75. The Morgan fingerprint density at radius 1 is 1.35 bits per heavy atom. The standard InChI is InChI=1S/C11H14ClN3O4S/c1-8-10(12)6-9(7-11(8)15(16)17)20(18,19)14-4-2-13-3-5-14/h6-7,13H,2-5H2,1H3. The molecule has 2 rings (SSSR count). The van der Waals surface area contributed by atoms with Crippen LogP contribution in [0.2, 0.25) is 5.02 Å². The van der Waals surface area contributed by atoms with Crippen molar-refractivity contribution < 1.29 is 13.3 Å². The molecule has 20 heavy (non-hydrogen) atoms. The Morgan fingerprint density at radius 2 is 1.95 bits per heavy atom. The van der Waals surface area contributed by atoms with Gasteiger partial charge in [0.25, 0.3) is 5.69 Å². The number of hydrogen-bond acceptors (Lipinski definition) is 5. The first-order valence-corrected chi connectivity index (χ1v) is 7.81. The van der Waals surface area contributed by atoms with Gasteiger partial charge < -0.3 is 5.32 Å². The summed E-state index contributed by atoms with van der Waals surface area (Å²) in [6, 6.07) is 2.33. The number of halogens is 1. The van der Waals surface area contributed by atoms with Crippen LogP contribution < -0.4 is 5.32 Å². The summed E-state index contributed by atoms with van der Waals surface area (Å²) in [6.45, 7) is 3.27. The highest BCUT2D eigenvalue weighted by molar-refractivity contribution is 7.89. The Bertz CT molecular complexity index is 641. The lowest BCUT2D eigenvalue weighted by Crippen LogP contribution is -2.46. The van der Waals surface area contributed by atoms with Gasteiger partial charge in [0, 0.05) is 37.8 Å². The average Bonchev–Trinajstić information content (AvgIpc) is 2.42. The van der Waals surface area contributed by atoms with E-state index in [0.29, 0.717) is 26.2 Å². The van der Waals surface area contributed by atoms with E-state index in [0.717, 1.165) is 6.07 Å². The third-order valence-corrected chi connectivity index (χ3v) is 5.47. The lowest BCUT2D eigenvalue weighted by Gasteiger charge is -2.26. The molecular weight excluding hydrogens is 306 g/mol. The molecule has 0 bridgehead atoms. The molecule has 1 aromatic rings. The van der Waals surface area contributed by atoms with E-state index in [4.69, 9.17) is 11.6 Å². The second-order valence-electron chi connectivity index (χ2n) is 4.46. The van der Waals surface area contributed by atoms with Crippen molar-refractivity contribution in [3.05, 3.63) is 32.8 Å². The van der Waals surface area contributed by atoms with Gasteiger partial charge in [0.15, 0.2) is 0 Å². The van der Waals surface area contributed by atoms with Gasteiger partial charge in [-0.25, -0.2) is 8.42 Å². The van der Waals surface area contributed by atoms with Gasteiger partial charge in [-0.1, -0.05) is 11.6 Å². The smallest absolute Gasteiger partial charge is 0.275 e. The monoisotopic (exact) mass is 319 g/mol. The van der Waals surface area contributed by atoms with Crippen LogP contribution in [0.5, 0.6) is 0 Å². The third-order valence-electron chi connectivity index (χ3n) is 3.20. The highest BCUT2D eigenvalue weighted by atomic mass is 35.5. The van der Waals surface area contributed by atoms with E-state index >= 15 is 0 Å². The largest absolute Gasteiger partial charge is 0.314 e. The van der Waals surface area contributed by atoms with E-state index in [9.17, 15) is 18.5 Å². The van der Waals surface area contributed by atoms with Crippen LogP contribution >= 0.6 is 11.6 Å². The van der Waals surface area contributed by atoms with Crippen molar-refractivity contribution in [2.24, 2.45) is 0 Å². The van der Waals surface area contributed by atoms with Crippen molar-refractivity contribution in [1.82, 2.24) is 9.62 Å². The molecule has 0 amide bonds. The van der Waals surface area contributed by atoms with Crippen molar-refractivity contribution >= 4 is 27.3 Å². The third kappa shape index (κ3) is 2.78. The van der Waals surface area contributed by atoms with Crippen molar-refractivity contribution in [2.75, 3.05) is 26.2 Å². The van der Waals surface area contributed by atoms with E-state index < -0.39 is 14.9 Å². The van der Waals surface area contributed by atoms with Crippen molar-refractivity contribution in [1.29, 1.82) is 0 Å². The average molecular weight is 320 g/mol. The zero-order valence-electron chi connectivity index (χ0n) is 10.8. The van der Waals surface area contributed by atoms with Crippen LogP contribution in [0.4, 0.5) is 5.69 Å². The fourth-order valence-corrected chi connectivity index (χ4v) is 3.78. The molecule has 0 aliphatic carbocycles. The summed E-state index contributed by atoms with van der Waals surface area (Å²) in [4.78, 5) is 10.2. The maximum atomic E-state index is 12.4. The van der Waals surface area contributed by atoms with Crippen LogP contribution in [0.15, 0.2) is 17.0 Å². The summed E-state index contributed by atoms with van der Waals surface area (Å²) < 4.78 is 26.2. The molecular formula is C11H14ClN3O4S. The summed E-state index contributed by atoms with van der Waals surface area (Å²) in [5, 5.41) is 14.1. The predicted molar refractivity (Wildman–Crippen MR) is 74.5 cm³/mol. The first kappa shape index (κ1) is 15.2. The van der Waals surface area contributed by atoms with Gasteiger partial charge >= 0.3 is 0 Å². The predicted octanol–water partition coefficient (Wildman–Crippen LogP) is 1.15. The normalized spacial score (nSPS) is 17.1. The molecule has 1 N–H and O–H groups in total. The molecule has 1 aliphatic rings. The molecule has 1 aliphatic heterocycles. The molecule has 1 saturated heterocycles. The molecule has 0 atom stereocenters. The SMILES string of the molecule is Cc1c(Cl)cc(S(=O)(=O)N2CCNCC2)cc1[N+](=O)[O-]. The number of rotatable bonds is 3. The molecule has 1 aromatic carbocycles. The van der Waals surface area contributed by atoms with Crippen LogP contribution in [-0.4, -0.2) is 43.8 Å². The minimum Gasteiger partial charge on any atom is -0.314 e. The van der Waals surface area contributed by atoms with Crippen LogP contribution in [0, 0.1) is 17.0 Å². The Hall–Kier alpha value is -1.22. The molecule has 110 valence electrons. The van der Waals surface area contributed by atoms with Crippen LogP contribution in [0.25, 0.3) is 0 Å². The van der Waals surface area contributed by atoms with Crippen LogP contribution in [0.1, 0.15) is 5.56 Å². The summed E-state index contributed by atoms with van der Waals surface area (Å²) in [5.41, 5.74) is -0.0258. The Morgan fingerprint density at radius 3 is 2.50 bits per heavy atom. The van der Waals surface area contributed by atoms with E-state index in [1.807, 2.05) is 0 Å². The number of nitrogens with one attached hydrogen (secondary N) is 1. The number of benzene rings is 1. The topological polar surface area (TPSA) is 92.6 Å². The van der Waals surface area contributed by atoms with E-state index in [2.05, 4.69) is 5.32 Å². The van der Waals surface area contributed by atoms with E-state index in [-0.39, 0.29) is 21.2 Å². The van der Waals surface area contributed by atoms with Crippen molar-refractivity contribution in [3.8, 4) is 0 Å². The fourth-order valence-electron chi connectivity index (χ4n) is 2.01. The first-order valence-electron chi connectivity index (χ1n) is 5.99. The van der Waals surface area contributed by atoms with Gasteiger partial charge in [-0.05, 0) is 13.0 Å². The van der Waals surface area contributed by atoms with Crippen molar-refractivity contribution in [2.45, 2.75) is 11.8 Å². The molecule has 9 heteroatoms. The van der Waals surface area contributed by atoms with Gasteiger partial charge in [0.2, 0.25) is 10.0 Å². The highest BCUT2D eigenvalue weighted by Gasteiger charge is 2.29. The number of nitrogens with zero attached hydrogens (tertiary/aromatic N) is 2. The molecule has 1 fully saturated rings. The van der Waals surface area contributed by atoms with E-state index in [1.54, 1.807) is 0 Å². The maximum absolute atomic E-state index is 12.4. The molecule has 0 saturated carbocycles. The van der Waals surface area contributed by atoms with Gasteiger partial charge in [-0.15, -0.1) is 0 Å². The first-order chi connectivity index (χ1) is 9.34. The van der Waals surface area contributed by atoms with Gasteiger partial charge in [-0.3, -0.25) is 10.1 Å². The quantitative estimate of drug-likeness (QED) is 0.666. The molecule has 7 nitrogen and oxygen atoms in total. The minimum atomic E-state index is -3.75. The summed E-state index contributed by atoms with van der Waals surface area (Å²) in [5.74, 6) is 0. The number of nitro groups is 1. The number of hydrogen-bond donors (Lipinski definition) is 1. The second-order valence-corrected chi connectivity index (χ2v) is 6.81. The zero-order chi connectivity index (χ0) is 14.9. The minimum absolute atomic E-state index is 0.0768. The van der Waals surface area contributed by atoms with Gasteiger partial charge in [-0.2, -0.15) is 4.31 Å². The zero-order valence-corrected chi connectivity index (χ0v) is 12.4. The van der Waals surface area contributed by atoms with Crippen LogP contribution in [-0.2, 0) is 10.0 Å². The summed E-state index contributed by atoms with van der Waals surface area (Å²) in [6.07, 6.45) is 0. The fraction of sp³-hybridized carbons (Fsp3) is 0.455. The lowest BCUT2D eigenvalue weighted by atomic mass is 10.2. The number of nitro benzene ring substituents is 1. The highest BCUT2D eigenvalue weighted by Crippen LogP contribution is 2.30. The molecule has 0 aromatic heterocycles. The van der Waals surface area contributed by atoms with Gasteiger partial charge in [0.05, 0.1) is 14.8 Å². The second kappa shape index (κ2) is 5.65. The number of sulfonamides is 1. The van der Waals surface area contributed by atoms with Crippen molar-refractivity contribution in [3.63, 3.8) is 0 Å². The van der Waals surface area contributed by atoms with E-state index in [1.165, 1.54) is 17.3 Å². The lowest BCUT2D eigenvalue weighted by molar-refractivity contribution is -0.385. The summed E-state index contributed by atoms with van der Waals surface area (Å²) >= 11 is 5.91. The Kier molecular flexibility index (Phi) is 4.28. The Labute approximate surface area is 121 Å². The molecule has 0 spiro atoms. The maximum Gasteiger partial charge on any atom is 0.275 e. The molecule has 1 heterocycles. The van der Waals surface area contributed by atoms with Crippen LogP contribution in [0.3, 0.4) is 0 Å². The van der Waals surface area contributed by atoms with Gasteiger partial charge in [0.1, 0.15) is 0 Å². The number of piperazine rings is 1. The molecule has 0 radical (unpaired) electrons. The molecule has 0 unspecified atom stereocenters. The Balaban J connectivity index is 2.49.